The number of rotatable bonds is 7. The lowest BCUT2D eigenvalue weighted by atomic mass is 9.98. The molecule has 0 radical (unpaired) electrons. The SMILES string of the molecule is Cc1cccc(N(c2cccc(C(F)(F)F)c2)c2ccc(-c3ccc(N(c4cccc(C)c4)c4cccc(C(F)(F)F)c4)c(C)c3)cc2C)c1. The Labute approximate surface area is 287 Å². The molecule has 0 aliphatic rings. The van der Waals surface area contributed by atoms with Crippen LogP contribution in [0.1, 0.15) is 33.4 Å². The summed E-state index contributed by atoms with van der Waals surface area (Å²) < 4.78 is 82.4. The van der Waals surface area contributed by atoms with Crippen LogP contribution in [-0.2, 0) is 12.4 Å². The number of halogens is 6. The zero-order valence-electron chi connectivity index (χ0n) is 27.9. The molecule has 0 aliphatic heterocycles. The summed E-state index contributed by atoms with van der Waals surface area (Å²) in [5.74, 6) is 0. The highest BCUT2D eigenvalue weighted by atomic mass is 19.4. The van der Waals surface area contributed by atoms with Crippen molar-refractivity contribution in [3.63, 3.8) is 0 Å². The zero-order valence-corrected chi connectivity index (χ0v) is 27.9. The summed E-state index contributed by atoms with van der Waals surface area (Å²) in [6.07, 6.45) is -8.99. The van der Waals surface area contributed by atoms with E-state index >= 15 is 0 Å². The molecule has 254 valence electrons. The van der Waals surface area contributed by atoms with E-state index in [2.05, 4.69) is 0 Å². The molecule has 0 unspecified atom stereocenters. The van der Waals surface area contributed by atoms with E-state index in [1.54, 1.807) is 12.1 Å². The van der Waals surface area contributed by atoms with Gasteiger partial charge in [0.15, 0.2) is 0 Å². The van der Waals surface area contributed by atoms with E-state index in [1.165, 1.54) is 12.1 Å². The first-order chi connectivity index (χ1) is 23.7. The summed E-state index contributed by atoms with van der Waals surface area (Å²) in [4.78, 5) is 3.65. The van der Waals surface area contributed by atoms with Crippen LogP contribution in [0.25, 0.3) is 11.1 Å². The van der Waals surface area contributed by atoms with Crippen LogP contribution in [0.5, 0.6) is 0 Å². The first-order valence-electron chi connectivity index (χ1n) is 16.0. The molecule has 50 heavy (non-hydrogen) atoms. The van der Waals surface area contributed by atoms with Crippen molar-refractivity contribution < 1.29 is 26.3 Å². The third kappa shape index (κ3) is 7.25. The van der Waals surface area contributed by atoms with Gasteiger partial charge in [-0.2, -0.15) is 26.3 Å². The monoisotopic (exact) mass is 680 g/mol. The minimum atomic E-state index is -4.49. The van der Waals surface area contributed by atoms with Gasteiger partial charge in [0.2, 0.25) is 0 Å². The van der Waals surface area contributed by atoms with Gasteiger partial charge in [0.05, 0.1) is 11.1 Å². The number of hydrogen-bond donors (Lipinski definition) is 0. The van der Waals surface area contributed by atoms with Crippen LogP contribution in [0.3, 0.4) is 0 Å². The Morgan fingerprint density at radius 2 is 0.720 bits per heavy atom. The standard InChI is InChI=1S/C42H34F6N2/c1-27-9-5-13-35(21-27)49(37-15-7-11-33(25-37)41(43,44)45)39-19-17-31(23-29(39)3)32-18-20-40(30(4)24-32)50(36-14-6-10-28(2)22-36)38-16-8-12-34(26-38)42(46,47)48/h5-26H,1-4H3. The Morgan fingerprint density at radius 3 is 1.04 bits per heavy atom. The fourth-order valence-electron chi connectivity index (χ4n) is 6.20. The second-order valence-electron chi connectivity index (χ2n) is 12.4. The van der Waals surface area contributed by atoms with Gasteiger partial charge in [0.1, 0.15) is 0 Å². The van der Waals surface area contributed by atoms with Gasteiger partial charge in [0, 0.05) is 34.1 Å². The predicted octanol–water partition coefficient (Wildman–Crippen LogP) is 13.6. The maximum Gasteiger partial charge on any atom is 0.416 e. The second kappa shape index (κ2) is 13.4. The number of nitrogens with zero attached hydrogens (tertiary/aromatic N) is 2. The van der Waals surface area contributed by atoms with E-state index in [1.807, 2.05) is 122 Å². The van der Waals surface area contributed by atoms with Gasteiger partial charge in [-0.3, -0.25) is 0 Å². The van der Waals surface area contributed by atoms with Crippen LogP contribution in [0.4, 0.5) is 60.5 Å². The van der Waals surface area contributed by atoms with E-state index < -0.39 is 23.5 Å². The highest BCUT2D eigenvalue weighted by molar-refractivity contribution is 5.83. The van der Waals surface area contributed by atoms with Crippen molar-refractivity contribution >= 4 is 34.1 Å². The fraction of sp³-hybridized carbons (Fsp3) is 0.143. The van der Waals surface area contributed by atoms with Gasteiger partial charge >= 0.3 is 12.4 Å². The smallest absolute Gasteiger partial charge is 0.310 e. The fourth-order valence-corrected chi connectivity index (χ4v) is 6.20. The zero-order chi connectivity index (χ0) is 35.8. The van der Waals surface area contributed by atoms with Crippen molar-refractivity contribution in [2.24, 2.45) is 0 Å². The molecule has 8 heteroatoms. The molecule has 0 saturated heterocycles. The normalized spacial score (nSPS) is 11.8. The van der Waals surface area contributed by atoms with E-state index in [9.17, 15) is 26.3 Å². The molecule has 0 spiro atoms. The Bertz CT molecular complexity index is 2010. The van der Waals surface area contributed by atoms with Crippen LogP contribution in [0.2, 0.25) is 0 Å². The molecule has 0 heterocycles. The largest absolute Gasteiger partial charge is 0.416 e. The molecule has 2 nitrogen and oxygen atoms in total. The summed E-state index contributed by atoms with van der Waals surface area (Å²) in [6, 6.07) is 37.4. The third-order valence-electron chi connectivity index (χ3n) is 8.59. The molecule has 0 N–H and O–H groups in total. The van der Waals surface area contributed by atoms with Gasteiger partial charge in [-0.25, -0.2) is 0 Å². The van der Waals surface area contributed by atoms with Gasteiger partial charge in [0.25, 0.3) is 0 Å². The Morgan fingerprint density at radius 1 is 0.380 bits per heavy atom. The number of alkyl halides is 6. The summed E-state index contributed by atoms with van der Waals surface area (Å²) in [5.41, 5.74) is 7.59. The minimum Gasteiger partial charge on any atom is -0.310 e. The Balaban J connectivity index is 1.41. The van der Waals surface area contributed by atoms with Gasteiger partial charge in [-0.15, -0.1) is 0 Å². The van der Waals surface area contributed by atoms with Crippen LogP contribution in [0.15, 0.2) is 133 Å². The maximum absolute atomic E-state index is 13.7. The molecule has 0 saturated carbocycles. The molecular formula is C42H34F6N2. The highest BCUT2D eigenvalue weighted by Crippen LogP contribution is 2.43. The summed E-state index contributed by atoms with van der Waals surface area (Å²) >= 11 is 0. The first-order valence-corrected chi connectivity index (χ1v) is 16.0. The van der Waals surface area contributed by atoms with Crippen molar-refractivity contribution in [1.29, 1.82) is 0 Å². The van der Waals surface area contributed by atoms with Gasteiger partial charge in [-0.05, 0) is 146 Å². The number of benzene rings is 6. The number of anilines is 6. The first kappa shape index (κ1) is 34.4. The van der Waals surface area contributed by atoms with E-state index in [4.69, 9.17) is 0 Å². The average Bonchev–Trinajstić information content (AvgIpc) is 3.06. The van der Waals surface area contributed by atoms with E-state index in [0.29, 0.717) is 11.4 Å². The molecule has 0 amide bonds. The minimum absolute atomic E-state index is 0.382. The quantitative estimate of drug-likeness (QED) is 0.155. The summed E-state index contributed by atoms with van der Waals surface area (Å²) in [6.45, 7) is 7.71. The molecule has 0 atom stereocenters. The molecule has 6 rings (SSSR count). The molecule has 0 bridgehead atoms. The lowest BCUT2D eigenvalue weighted by Crippen LogP contribution is -2.14. The third-order valence-corrected chi connectivity index (χ3v) is 8.59. The van der Waals surface area contributed by atoms with Crippen LogP contribution >= 0.6 is 0 Å². The topological polar surface area (TPSA) is 6.48 Å². The summed E-state index contributed by atoms with van der Waals surface area (Å²) in [5, 5.41) is 0. The van der Waals surface area contributed by atoms with Crippen LogP contribution < -0.4 is 9.80 Å². The number of aryl methyl sites for hydroxylation is 4. The summed E-state index contributed by atoms with van der Waals surface area (Å²) in [7, 11) is 0. The molecule has 0 aromatic heterocycles. The molecule has 0 fully saturated rings. The van der Waals surface area contributed by atoms with Gasteiger partial charge < -0.3 is 9.80 Å². The van der Waals surface area contributed by atoms with Crippen molar-refractivity contribution in [2.45, 2.75) is 40.0 Å². The predicted molar refractivity (Wildman–Crippen MR) is 190 cm³/mol. The lowest BCUT2D eigenvalue weighted by Gasteiger charge is -2.29. The van der Waals surface area contributed by atoms with Crippen molar-refractivity contribution in [1.82, 2.24) is 0 Å². The average molecular weight is 681 g/mol. The van der Waals surface area contributed by atoms with Crippen molar-refractivity contribution in [2.75, 3.05) is 9.80 Å². The Kier molecular flexibility index (Phi) is 9.23. The van der Waals surface area contributed by atoms with Crippen LogP contribution in [0, 0.1) is 27.7 Å². The van der Waals surface area contributed by atoms with Gasteiger partial charge in [-0.1, -0.05) is 48.5 Å². The lowest BCUT2D eigenvalue weighted by molar-refractivity contribution is -0.138. The van der Waals surface area contributed by atoms with E-state index in [-0.39, 0.29) is 0 Å². The molecular weight excluding hydrogens is 646 g/mol. The van der Waals surface area contributed by atoms with Crippen molar-refractivity contribution in [3.8, 4) is 11.1 Å². The number of hydrogen-bond acceptors (Lipinski definition) is 2. The Hall–Kier alpha value is -5.50. The van der Waals surface area contributed by atoms with Crippen LogP contribution in [-0.4, -0.2) is 0 Å². The van der Waals surface area contributed by atoms with E-state index in [0.717, 1.165) is 80.4 Å². The second-order valence-corrected chi connectivity index (χ2v) is 12.4. The molecule has 6 aromatic carbocycles. The molecule has 0 aliphatic carbocycles. The van der Waals surface area contributed by atoms with Crippen molar-refractivity contribution in [3.05, 3.63) is 167 Å². The maximum atomic E-state index is 13.7. The highest BCUT2D eigenvalue weighted by Gasteiger charge is 2.32. The molecule has 6 aromatic rings.